The monoisotopic (exact) mass is 353 g/mol. The van der Waals surface area contributed by atoms with E-state index in [2.05, 4.69) is 5.32 Å². The Bertz CT molecular complexity index is 601. The summed E-state index contributed by atoms with van der Waals surface area (Å²) in [5.41, 5.74) is 0.272. The molecule has 1 aromatic rings. The Morgan fingerprint density at radius 1 is 1.12 bits per heavy atom. The number of rotatable bonds is 11. The first-order valence-electron chi connectivity index (χ1n) is 7.85. The van der Waals surface area contributed by atoms with Gasteiger partial charge < -0.3 is 24.6 Å². The van der Waals surface area contributed by atoms with Crippen LogP contribution in [0.3, 0.4) is 0 Å². The van der Waals surface area contributed by atoms with E-state index < -0.39 is 11.9 Å². The van der Waals surface area contributed by atoms with Gasteiger partial charge >= 0.3 is 11.9 Å². The van der Waals surface area contributed by atoms with E-state index in [0.717, 1.165) is 0 Å². The molecular weight excluding hydrogens is 330 g/mol. The van der Waals surface area contributed by atoms with Gasteiger partial charge in [-0.25, -0.2) is 4.79 Å². The highest BCUT2D eigenvalue weighted by Gasteiger charge is 2.14. The van der Waals surface area contributed by atoms with Crippen LogP contribution in [0.5, 0.6) is 11.5 Å². The number of carbonyl (C=O) groups is 3. The van der Waals surface area contributed by atoms with Gasteiger partial charge in [-0.15, -0.1) is 0 Å². The van der Waals surface area contributed by atoms with Crippen molar-refractivity contribution in [3.05, 3.63) is 23.8 Å². The highest BCUT2D eigenvalue weighted by atomic mass is 16.5. The van der Waals surface area contributed by atoms with Crippen LogP contribution in [0, 0.1) is 0 Å². The van der Waals surface area contributed by atoms with Crippen molar-refractivity contribution in [2.24, 2.45) is 0 Å². The molecule has 0 atom stereocenters. The molecule has 8 heteroatoms. The van der Waals surface area contributed by atoms with Crippen molar-refractivity contribution in [2.45, 2.75) is 25.7 Å². The zero-order chi connectivity index (χ0) is 18.7. The van der Waals surface area contributed by atoms with Crippen molar-refractivity contribution in [3.63, 3.8) is 0 Å². The van der Waals surface area contributed by atoms with Crippen LogP contribution in [0.4, 0.5) is 0 Å². The number of amides is 1. The molecule has 1 aromatic carbocycles. The number of benzene rings is 1. The van der Waals surface area contributed by atoms with Crippen molar-refractivity contribution < 1.29 is 33.7 Å². The van der Waals surface area contributed by atoms with Gasteiger partial charge in [-0.3, -0.25) is 9.59 Å². The molecule has 0 bridgehead atoms. The standard InChI is InChI=1S/C17H23NO7/c1-23-14-8-7-12(11-13(14)17(22)24-2)25-10-4-9-18-15(19)5-3-6-16(20)21/h7-8,11H,3-6,9-10H2,1-2H3,(H,18,19)(H,20,21). The molecule has 0 unspecified atom stereocenters. The maximum atomic E-state index is 11.7. The largest absolute Gasteiger partial charge is 0.496 e. The Hall–Kier alpha value is -2.77. The third-order valence-electron chi connectivity index (χ3n) is 3.28. The second-order valence-electron chi connectivity index (χ2n) is 5.15. The summed E-state index contributed by atoms with van der Waals surface area (Å²) < 4.78 is 15.3. The first-order valence-corrected chi connectivity index (χ1v) is 7.85. The summed E-state index contributed by atoms with van der Waals surface area (Å²) in [7, 11) is 2.75. The summed E-state index contributed by atoms with van der Waals surface area (Å²) in [6.45, 7) is 0.772. The lowest BCUT2D eigenvalue weighted by Crippen LogP contribution is -2.25. The summed E-state index contributed by atoms with van der Waals surface area (Å²) in [5, 5.41) is 11.2. The van der Waals surface area contributed by atoms with E-state index in [9.17, 15) is 14.4 Å². The summed E-state index contributed by atoms with van der Waals surface area (Å²) >= 11 is 0. The number of methoxy groups -OCH3 is 2. The SMILES string of the molecule is COC(=O)c1cc(OCCCNC(=O)CCCC(=O)O)ccc1OC. The number of esters is 1. The number of nitrogens with one attached hydrogen (secondary N) is 1. The molecule has 2 N–H and O–H groups in total. The summed E-state index contributed by atoms with van der Waals surface area (Å²) in [5.74, 6) is -0.719. The predicted molar refractivity (Wildman–Crippen MR) is 88.9 cm³/mol. The number of hydrogen-bond donors (Lipinski definition) is 2. The zero-order valence-electron chi connectivity index (χ0n) is 14.4. The minimum atomic E-state index is -0.910. The topological polar surface area (TPSA) is 111 Å². The van der Waals surface area contributed by atoms with Crippen LogP contribution in [-0.2, 0) is 14.3 Å². The normalized spacial score (nSPS) is 10.0. The van der Waals surface area contributed by atoms with Crippen molar-refractivity contribution >= 4 is 17.8 Å². The number of aliphatic carboxylic acids is 1. The van der Waals surface area contributed by atoms with Crippen molar-refractivity contribution in [1.29, 1.82) is 0 Å². The van der Waals surface area contributed by atoms with Gasteiger partial charge in [-0.05, 0) is 31.0 Å². The Kier molecular flexibility index (Phi) is 8.84. The van der Waals surface area contributed by atoms with E-state index in [1.165, 1.54) is 20.3 Å². The van der Waals surface area contributed by atoms with Gasteiger partial charge in [0.2, 0.25) is 5.91 Å². The van der Waals surface area contributed by atoms with Crippen LogP contribution in [0.1, 0.15) is 36.0 Å². The zero-order valence-corrected chi connectivity index (χ0v) is 14.4. The van der Waals surface area contributed by atoms with E-state index in [1.54, 1.807) is 12.1 Å². The van der Waals surface area contributed by atoms with Gasteiger partial charge in [0.25, 0.3) is 0 Å². The molecule has 0 heterocycles. The molecule has 0 aromatic heterocycles. The number of ether oxygens (including phenoxy) is 3. The average Bonchev–Trinajstić information content (AvgIpc) is 2.60. The fraction of sp³-hybridized carbons (Fsp3) is 0.471. The van der Waals surface area contributed by atoms with Crippen molar-refractivity contribution in [2.75, 3.05) is 27.4 Å². The fourth-order valence-electron chi connectivity index (χ4n) is 2.02. The quantitative estimate of drug-likeness (QED) is 0.459. The van der Waals surface area contributed by atoms with Gasteiger partial charge in [0.1, 0.15) is 17.1 Å². The highest BCUT2D eigenvalue weighted by Crippen LogP contribution is 2.24. The molecule has 138 valence electrons. The van der Waals surface area contributed by atoms with Gasteiger partial charge in [-0.2, -0.15) is 0 Å². The van der Waals surface area contributed by atoms with Crippen molar-refractivity contribution in [3.8, 4) is 11.5 Å². The summed E-state index contributed by atoms with van der Waals surface area (Å²) in [6.07, 6.45) is 1.06. The molecule has 8 nitrogen and oxygen atoms in total. The smallest absolute Gasteiger partial charge is 0.341 e. The maximum absolute atomic E-state index is 11.7. The second-order valence-corrected chi connectivity index (χ2v) is 5.15. The Labute approximate surface area is 146 Å². The Balaban J connectivity index is 2.33. The third-order valence-corrected chi connectivity index (χ3v) is 3.28. The fourth-order valence-corrected chi connectivity index (χ4v) is 2.02. The van der Waals surface area contributed by atoms with E-state index in [1.807, 2.05) is 0 Å². The molecule has 0 aliphatic heterocycles. The van der Waals surface area contributed by atoms with Gasteiger partial charge in [0.15, 0.2) is 0 Å². The lowest BCUT2D eigenvalue weighted by Gasteiger charge is -2.11. The molecule has 0 aliphatic carbocycles. The lowest BCUT2D eigenvalue weighted by atomic mass is 10.2. The summed E-state index contributed by atoms with van der Waals surface area (Å²) in [6, 6.07) is 4.83. The Morgan fingerprint density at radius 2 is 1.88 bits per heavy atom. The molecule has 0 aliphatic rings. The molecule has 25 heavy (non-hydrogen) atoms. The van der Waals surface area contributed by atoms with E-state index in [0.29, 0.717) is 37.5 Å². The first-order chi connectivity index (χ1) is 12.0. The highest BCUT2D eigenvalue weighted by molar-refractivity contribution is 5.92. The number of hydrogen-bond acceptors (Lipinski definition) is 6. The molecular formula is C17H23NO7. The minimum Gasteiger partial charge on any atom is -0.496 e. The molecule has 0 saturated heterocycles. The predicted octanol–water partition coefficient (Wildman–Crippen LogP) is 1.62. The van der Waals surface area contributed by atoms with Gasteiger partial charge in [0.05, 0.1) is 20.8 Å². The van der Waals surface area contributed by atoms with Crippen LogP contribution in [0.25, 0.3) is 0 Å². The molecule has 0 fully saturated rings. The van der Waals surface area contributed by atoms with Crippen LogP contribution in [-0.4, -0.2) is 50.3 Å². The summed E-state index contributed by atoms with van der Waals surface area (Å²) in [4.78, 5) is 33.5. The number of carboxylic acid groups (broad SMARTS) is 1. The minimum absolute atomic E-state index is 0.0173. The van der Waals surface area contributed by atoms with E-state index in [-0.39, 0.29) is 24.3 Å². The second kappa shape index (κ2) is 10.9. The van der Waals surface area contributed by atoms with E-state index in [4.69, 9.17) is 19.3 Å². The Morgan fingerprint density at radius 3 is 2.52 bits per heavy atom. The van der Waals surface area contributed by atoms with Crippen LogP contribution in [0.15, 0.2) is 18.2 Å². The molecule has 0 saturated carbocycles. The van der Waals surface area contributed by atoms with Crippen LogP contribution >= 0.6 is 0 Å². The van der Waals surface area contributed by atoms with Gasteiger partial charge in [-0.1, -0.05) is 0 Å². The van der Waals surface area contributed by atoms with Crippen molar-refractivity contribution in [1.82, 2.24) is 5.32 Å². The molecule has 0 radical (unpaired) electrons. The number of carboxylic acids is 1. The lowest BCUT2D eigenvalue weighted by molar-refractivity contribution is -0.137. The first kappa shape index (κ1) is 20.3. The molecule has 1 rings (SSSR count). The maximum Gasteiger partial charge on any atom is 0.341 e. The molecule has 0 spiro atoms. The van der Waals surface area contributed by atoms with Crippen LogP contribution < -0.4 is 14.8 Å². The average molecular weight is 353 g/mol. The molecule has 1 amide bonds. The van der Waals surface area contributed by atoms with E-state index >= 15 is 0 Å². The van der Waals surface area contributed by atoms with Gasteiger partial charge in [0, 0.05) is 19.4 Å². The van der Waals surface area contributed by atoms with Crippen LogP contribution in [0.2, 0.25) is 0 Å². The number of carbonyl (C=O) groups excluding carboxylic acids is 2. The third kappa shape index (κ3) is 7.56.